The molecule has 0 saturated carbocycles. The lowest BCUT2D eigenvalue weighted by atomic mass is 10.2. The van der Waals surface area contributed by atoms with Crippen molar-refractivity contribution < 1.29 is 0 Å². The molecule has 2 rings (SSSR count). The molecule has 0 fully saturated rings. The number of benzene rings is 1. The molecule has 2 N–H and O–H groups in total. The van der Waals surface area contributed by atoms with Crippen LogP contribution in [0.5, 0.6) is 0 Å². The third-order valence-electron chi connectivity index (χ3n) is 2.25. The van der Waals surface area contributed by atoms with Crippen LogP contribution in [-0.2, 0) is 13.0 Å². The Labute approximate surface area is 99.1 Å². The van der Waals surface area contributed by atoms with E-state index in [1.807, 2.05) is 24.3 Å². The van der Waals surface area contributed by atoms with Gasteiger partial charge in [-0.15, -0.1) is 0 Å². The van der Waals surface area contributed by atoms with Crippen molar-refractivity contribution in [2.75, 3.05) is 6.54 Å². The summed E-state index contributed by atoms with van der Waals surface area (Å²) in [6, 6.07) is 7.83. The summed E-state index contributed by atoms with van der Waals surface area (Å²) in [5, 5.41) is 10.7. The van der Waals surface area contributed by atoms with E-state index >= 15 is 0 Å². The van der Waals surface area contributed by atoms with Crippen LogP contribution in [0.2, 0.25) is 5.02 Å². The lowest BCUT2D eigenvalue weighted by molar-refractivity contribution is 0.672. The van der Waals surface area contributed by atoms with Crippen LogP contribution in [0.4, 0.5) is 0 Å². The van der Waals surface area contributed by atoms with Gasteiger partial charge in [-0.3, -0.25) is 5.10 Å². The second-order valence-corrected chi connectivity index (χ2v) is 3.92. The molecule has 16 heavy (non-hydrogen) atoms. The van der Waals surface area contributed by atoms with E-state index in [9.17, 15) is 0 Å². The quantitative estimate of drug-likeness (QED) is 0.779. The number of nitrogens with one attached hydrogen (secondary N) is 2. The smallest absolute Gasteiger partial charge is 0.137 e. The van der Waals surface area contributed by atoms with Gasteiger partial charge in [0.15, 0.2) is 0 Å². The molecule has 1 aromatic carbocycles. The number of H-pyrrole nitrogens is 1. The van der Waals surface area contributed by atoms with Gasteiger partial charge in [-0.1, -0.05) is 23.7 Å². The van der Waals surface area contributed by atoms with Crippen LogP contribution >= 0.6 is 11.6 Å². The molecular formula is C11H13ClN4. The number of hydrogen-bond donors (Lipinski definition) is 2. The predicted octanol–water partition coefficient (Wildman–Crippen LogP) is 1.79. The third kappa shape index (κ3) is 3.32. The molecule has 0 saturated heterocycles. The first-order valence-electron chi connectivity index (χ1n) is 5.14. The van der Waals surface area contributed by atoms with Crippen LogP contribution in [0.25, 0.3) is 0 Å². The van der Waals surface area contributed by atoms with Crippen molar-refractivity contribution in [3.63, 3.8) is 0 Å². The van der Waals surface area contributed by atoms with Gasteiger partial charge in [-0.05, 0) is 17.7 Å². The molecular weight excluding hydrogens is 224 g/mol. The summed E-state index contributed by atoms with van der Waals surface area (Å²) in [5.41, 5.74) is 1.22. The highest BCUT2D eigenvalue weighted by Gasteiger charge is 1.96. The van der Waals surface area contributed by atoms with Gasteiger partial charge < -0.3 is 5.32 Å². The first-order valence-corrected chi connectivity index (χ1v) is 5.52. The van der Waals surface area contributed by atoms with E-state index in [0.717, 1.165) is 30.4 Å². The zero-order chi connectivity index (χ0) is 11.2. The molecule has 0 unspecified atom stereocenters. The predicted molar refractivity (Wildman–Crippen MR) is 63.2 cm³/mol. The van der Waals surface area contributed by atoms with Gasteiger partial charge in [0.1, 0.15) is 12.2 Å². The Hall–Kier alpha value is -1.39. The molecule has 84 valence electrons. The minimum absolute atomic E-state index is 0.769. The number of aromatic amines is 1. The summed E-state index contributed by atoms with van der Waals surface area (Å²) in [5.74, 6) is 0.906. The SMILES string of the molecule is Clc1ccc(CNCCc2ncn[nH]2)cc1. The molecule has 0 aliphatic carbocycles. The lowest BCUT2D eigenvalue weighted by Gasteiger charge is -2.03. The highest BCUT2D eigenvalue weighted by molar-refractivity contribution is 6.30. The number of halogens is 1. The molecule has 5 heteroatoms. The van der Waals surface area contributed by atoms with Crippen LogP contribution in [-0.4, -0.2) is 21.7 Å². The molecule has 4 nitrogen and oxygen atoms in total. The Balaban J connectivity index is 1.70. The Bertz CT molecular complexity index is 410. The number of aromatic nitrogens is 3. The summed E-state index contributed by atoms with van der Waals surface area (Å²) >= 11 is 5.80. The van der Waals surface area contributed by atoms with Crippen molar-refractivity contribution in [1.29, 1.82) is 0 Å². The maximum absolute atomic E-state index is 5.80. The van der Waals surface area contributed by atoms with Crippen molar-refractivity contribution in [1.82, 2.24) is 20.5 Å². The fourth-order valence-corrected chi connectivity index (χ4v) is 1.52. The van der Waals surface area contributed by atoms with E-state index in [4.69, 9.17) is 11.6 Å². The van der Waals surface area contributed by atoms with Crippen LogP contribution in [0.3, 0.4) is 0 Å². The molecule has 1 heterocycles. The summed E-state index contributed by atoms with van der Waals surface area (Å²) in [6.45, 7) is 1.71. The Morgan fingerprint density at radius 1 is 1.25 bits per heavy atom. The van der Waals surface area contributed by atoms with E-state index in [1.165, 1.54) is 11.9 Å². The molecule has 2 aromatic rings. The molecule has 0 amide bonds. The average Bonchev–Trinajstić information content (AvgIpc) is 2.80. The lowest BCUT2D eigenvalue weighted by Crippen LogP contribution is -2.17. The minimum atomic E-state index is 0.769. The van der Waals surface area contributed by atoms with E-state index in [2.05, 4.69) is 20.5 Å². The van der Waals surface area contributed by atoms with E-state index in [-0.39, 0.29) is 0 Å². The average molecular weight is 237 g/mol. The Kier molecular flexibility index (Phi) is 3.91. The zero-order valence-corrected chi connectivity index (χ0v) is 9.54. The van der Waals surface area contributed by atoms with Crippen molar-refractivity contribution in [2.45, 2.75) is 13.0 Å². The Morgan fingerprint density at radius 3 is 2.75 bits per heavy atom. The topological polar surface area (TPSA) is 53.6 Å². The van der Waals surface area contributed by atoms with Gasteiger partial charge in [0.2, 0.25) is 0 Å². The van der Waals surface area contributed by atoms with Gasteiger partial charge in [-0.25, -0.2) is 4.98 Å². The molecule has 1 aromatic heterocycles. The van der Waals surface area contributed by atoms with Gasteiger partial charge in [0, 0.05) is 24.5 Å². The highest BCUT2D eigenvalue weighted by Crippen LogP contribution is 2.08. The van der Waals surface area contributed by atoms with Crippen molar-refractivity contribution in [3.05, 3.63) is 47.0 Å². The summed E-state index contributed by atoms with van der Waals surface area (Å²) < 4.78 is 0. The van der Waals surface area contributed by atoms with Gasteiger partial charge >= 0.3 is 0 Å². The van der Waals surface area contributed by atoms with E-state index in [0.29, 0.717) is 0 Å². The fraction of sp³-hybridized carbons (Fsp3) is 0.273. The second kappa shape index (κ2) is 5.63. The monoisotopic (exact) mass is 236 g/mol. The number of rotatable bonds is 5. The van der Waals surface area contributed by atoms with Gasteiger partial charge in [-0.2, -0.15) is 5.10 Å². The second-order valence-electron chi connectivity index (χ2n) is 3.49. The Morgan fingerprint density at radius 2 is 2.06 bits per heavy atom. The van der Waals surface area contributed by atoms with Crippen LogP contribution in [0.1, 0.15) is 11.4 Å². The largest absolute Gasteiger partial charge is 0.312 e. The standard InChI is InChI=1S/C11H13ClN4/c12-10-3-1-9(2-4-10)7-13-6-5-11-14-8-15-16-11/h1-4,8,13H,5-7H2,(H,14,15,16). The summed E-state index contributed by atoms with van der Waals surface area (Å²) in [7, 11) is 0. The van der Waals surface area contributed by atoms with Gasteiger partial charge in [0.25, 0.3) is 0 Å². The highest BCUT2D eigenvalue weighted by atomic mass is 35.5. The molecule has 0 aliphatic heterocycles. The van der Waals surface area contributed by atoms with E-state index in [1.54, 1.807) is 0 Å². The van der Waals surface area contributed by atoms with Crippen molar-refractivity contribution >= 4 is 11.6 Å². The third-order valence-corrected chi connectivity index (χ3v) is 2.50. The van der Waals surface area contributed by atoms with Crippen molar-refractivity contribution in [3.8, 4) is 0 Å². The van der Waals surface area contributed by atoms with Crippen LogP contribution < -0.4 is 5.32 Å². The number of nitrogens with zero attached hydrogens (tertiary/aromatic N) is 2. The maximum Gasteiger partial charge on any atom is 0.137 e. The molecule has 0 bridgehead atoms. The first-order chi connectivity index (χ1) is 7.84. The maximum atomic E-state index is 5.80. The van der Waals surface area contributed by atoms with E-state index < -0.39 is 0 Å². The molecule has 0 radical (unpaired) electrons. The zero-order valence-electron chi connectivity index (χ0n) is 8.78. The molecule has 0 spiro atoms. The molecule has 0 atom stereocenters. The first kappa shape index (κ1) is 11.1. The molecule has 0 aliphatic rings. The van der Waals surface area contributed by atoms with Gasteiger partial charge in [0.05, 0.1) is 0 Å². The summed E-state index contributed by atoms with van der Waals surface area (Å²) in [6.07, 6.45) is 2.38. The minimum Gasteiger partial charge on any atom is -0.312 e. The van der Waals surface area contributed by atoms with Crippen LogP contribution in [0.15, 0.2) is 30.6 Å². The van der Waals surface area contributed by atoms with Crippen molar-refractivity contribution in [2.24, 2.45) is 0 Å². The number of hydrogen-bond acceptors (Lipinski definition) is 3. The van der Waals surface area contributed by atoms with Crippen LogP contribution in [0, 0.1) is 0 Å². The normalized spacial score (nSPS) is 10.6. The fourth-order valence-electron chi connectivity index (χ4n) is 1.39. The summed E-state index contributed by atoms with van der Waals surface area (Å²) in [4.78, 5) is 4.05.